The molecule has 0 atom stereocenters. The molecule has 1 amide bonds. The summed E-state index contributed by atoms with van der Waals surface area (Å²) >= 11 is 0. The SMILES string of the molecule is COc1ccc(N)c(NC(=O)c2cccc(S(=O)(=O)NCC3CC3)c2)c1. The van der Waals surface area contributed by atoms with Crippen LogP contribution in [0, 0.1) is 5.92 Å². The van der Waals surface area contributed by atoms with Crippen molar-refractivity contribution in [2.24, 2.45) is 5.92 Å². The normalized spacial score (nSPS) is 14.0. The minimum Gasteiger partial charge on any atom is -0.497 e. The first-order chi connectivity index (χ1) is 12.4. The number of amides is 1. The van der Waals surface area contributed by atoms with Gasteiger partial charge in [-0.25, -0.2) is 13.1 Å². The molecule has 0 saturated heterocycles. The van der Waals surface area contributed by atoms with E-state index in [0.717, 1.165) is 12.8 Å². The molecule has 0 bridgehead atoms. The predicted molar refractivity (Wildman–Crippen MR) is 99.7 cm³/mol. The number of nitrogens with two attached hydrogens (primary N) is 1. The van der Waals surface area contributed by atoms with E-state index >= 15 is 0 Å². The molecule has 3 rings (SSSR count). The van der Waals surface area contributed by atoms with Gasteiger partial charge in [-0.2, -0.15) is 0 Å². The summed E-state index contributed by atoms with van der Waals surface area (Å²) in [4.78, 5) is 12.6. The summed E-state index contributed by atoms with van der Waals surface area (Å²) in [5, 5.41) is 2.68. The van der Waals surface area contributed by atoms with E-state index in [9.17, 15) is 13.2 Å². The highest BCUT2D eigenvalue weighted by molar-refractivity contribution is 7.89. The summed E-state index contributed by atoms with van der Waals surface area (Å²) in [6.45, 7) is 0.430. The van der Waals surface area contributed by atoms with Crippen molar-refractivity contribution in [2.75, 3.05) is 24.7 Å². The van der Waals surface area contributed by atoms with Crippen molar-refractivity contribution in [3.63, 3.8) is 0 Å². The number of benzene rings is 2. The molecule has 8 heteroatoms. The second-order valence-electron chi connectivity index (χ2n) is 6.23. The standard InChI is InChI=1S/C18H21N3O4S/c1-25-14-7-8-16(19)17(10-14)21-18(22)13-3-2-4-15(9-13)26(23,24)20-11-12-5-6-12/h2-4,7-10,12,20H,5-6,11,19H2,1H3,(H,21,22). The summed E-state index contributed by atoms with van der Waals surface area (Å²) in [6, 6.07) is 10.8. The van der Waals surface area contributed by atoms with Crippen molar-refractivity contribution in [1.29, 1.82) is 0 Å². The first kappa shape index (κ1) is 18.2. The number of nitrogens with one attached hydrogen (secondary N) is 2. The highest BCUT2D eigenvalue weighted by atomic mass is 32.2. The first-order valence-corrected chi connectivity index (χ1v) is 9.72. The molecule has 7 nitrogen and oxygen atoms in total. The average molecular weight is 375 g/mol. The molecule has 0 heterocycles. The lowest BCUT2D eigenvalue weighted by molar-refractivity contribution is 0.102. The van der Waals surface area contributed by atoms with Crippen LogP contribution < -0.4 is 20.5 Å². The molecule has 4 N–H and O–H groups in total. The predicted octanol–water partition coefficient (Wildman–Crippen LogP) is 2.22. The molecule has 0 aliphatic heterocycles. The molecule has 1 aliphatic carbocycles. The van der Waals surface area contributed by atoms with E-state index in [2.05, 4.69) is 10.0 Å². The maximum atomic E-state index is 12.5. The number of methoxy groups -OCH3 is 1. The highest BCUT2D eigenvalue weighted by Gasteiger charge is 2.24. The van der Waals surface area contributed by atoms with Gasteiger partial charge in [0, 0.05) is 18.2 Å². The van der Waals surface area contributed by atoms with E-state index in [-0.39, 0.29) is 10.5 Å². The van der Waals surface area contributed by atoms with Crippen LogP contribution >= 0.6 is 0 Å². The van der Waals surface area contributed by atoms with Crippen molar-refractivity contribution in [2.45, 2.75) is 17.7 Å². The number of ether oxygens (including phenoxy) is 1. The molecule has 26 heavy (non-hydrogen) atoms. The minimum atomic E-state index is -3.64. The largest absolute Gasteiger partial charge is 0.497 e. The topological polar surface area (TPSA) is 111 Å². The van der Waals surface area contributed by atoms with E-state index < -0.39 is 15.9 Å². The highest BCUT2D eigenvalue weighted by Crippen LogP contribution is 2.28. The Hall–Kier alpha value is -2.58. The third-order valence-electron chi connectivity index (χ3n) is 4.17. The molecule has 0 unspecified atom stereocenters. The summed E-state index contributed by atoms with van der Waals surface area (Å²) in [7, 11) is -2.12. The van der Waals surface area contributed by atoms with Crippen LogP contribution in [0.25, 0.3) is 0 Å². The molecule has 2 aromatic carbocycles. The van der Waals surface area contributed by atoms with E-state index in [1.54, 1.807) is 24.3 Å². The zero-order valence-corrected chi connectivity index (χ0v) is 15.2. The van der Waals surface area contributed by atoms with Crippen LogP contribution in [0.3, 0.4) is 0 Å². The second-order valence-corrected chi connectivity index (χ2v) is 8.00. The lowest BCUT2D eigenvalue weighted by atomic mass is 10.2. The van der Waals surface area contributed by atoms with Gasteiger partial charge in [0.15, 0.2) is 0 Å². The molecule has 138 valence electrons. The van der Waals surface area contributed by atoms with Crippen LogP contribution in [-0.2, 0) is 10.0 Å². The van der Waals surface area contributed by atoms with Crippen molar-refractivity contribution in [3.05, 3.63) is 48.0 Å². The quantitative estimate of drug-likeness (QED) is 0.643. The number of carbonyl (C=O) groups is 1. The molecule has 1 saturated carbocycles. The number of sulfonamides is 1. The van der Waals surface area contributed by atoms with Crippen LogP contribution in [0.15, 0.2) is 47.4 Å². The number of carbonyl (C=O) groups excluding carboxylic acids is 1. The zero-order valence-electron chi connectivity index (χ0n) is 14.4. The third-order valence-corrected chi connectivity index (χ3v) is 5.60. The summed E-state index contributed by atoms with van der Waals surface area (Å²) in [5.74, 6) is 0.520. The number of anilines is 2. The van der Waals surface area contributed by atoms with Gasteiger partial charge in [-0.1, -0.05) is 6.07 Å². The Morgan fingerprint density at radius 3 is 2.69 bits per heavy atom. The van der Waals surface area contributed by atoms with Crippen molar-refractivity contribution >= 4 is 27.3 Å². The Morgan fingerprint density at radius 1 is 1.23 bits per heavy atom. The van der Waals surface area contributed by atoms with Crippen LogP contribution in [0.2, 0.25) is 0 Å². The van der Waals surface area contributed by atoms with Gasteiger partial charge in [0.25, 0.3) is 5.91 Å². The number of hydrogen-bond donors (Lipinski definition) is 3. The van der Waals surface area contributed by atoms with Gasteiger partial charge in [0.1, 0.15) is 5.75 Å². The van der Waals surface area contributed by atoms with Gasteiger partial charge in [-0.05, 0) is 49.1 Å². The molecule has 1 aliphatic rings. The Labute approximate surface area is 152 Å². The van der Waals surface area contributed by atoms with Crippen LogP contribution in [-0.4, -0.2) is 28.0 Å². The Balaban J connectivity index is 1.77. The van der Waals surface area contributed by atoms with Crippen molar-refractivity contribution < 1.29 is 17.9 Å². The lowest BCUT2D eigenvalue weighted by Crippen LogP contribution is -2.26. The van der Waals surface area contributed by atoms with Crippen LogP contribution in [0.5, 0.6) is 5.75 Å². The third kappa shape index (κ3) is 4.33. The molecular weight excluding hydrogens is 354 g/mol. The number of rotatable bonds is 7. The Bertz CT molecular complexity index is 924. The van der Waals surface area contributed by atoms with E-state index in [1.165, 1.54) is 25.3 Å². The summed E-state index contributed by atoms with van der Waals surface area (Å²) in [6.07, 6.45) is 2.10. The van der Waals surface area contributed by atoms with E-state index in [0.29, 0.717) is 29.6 Å². The van der Waals surface area contributed by atoms with Gasteiger partial charge in [-0.3, -0.25) is 4.79 Å². The van der Waals surface area contributed by atoms with Crippen molar-refractivity contribution in [3.8, 4) is 5.75 Å². The van der Waals surface area contributed by atoms with Crippen LogP contribution in [0.1, 0.15) is 23.2 Å². The van der Waals surface area contributed by atoms with Gasteiger partial charge in [0.2, 0.25) is 10.0 Å². The smallest absolute Gasteiger partial charge is 0.255 e. The minimum absolute atomic E-state index is 0.0596. The molecule has 0 radical (unpaired) electrons. The average Bonchev–Trinajstić information content (AvgIpc) is 3.46. The summed E-state index contributed by atoms with van der Waals surface area (Å²) < 4.78 is 32.4. The molecular formula is C18H21N3O4S. The fraction of sp³-hybridized carbons (Fsp3) is 0.278. The first-order valence-electron chi connectivity index (χ1n) is 8.23. The van der Waals surface area contributed by atoms with E-state index in [1.807, 2.05) is 0 Å². The van der Waals surface area contributed by atoms with Gasteiger partial charge in [-0.15, -0.1) is 0 Å². The maximum Gasteiger partial charge on any atom is 0.255 e. The van der Waals surface area contributed by atoms with Gasteiger partial charge in [0.05, 0.1) is 23.4 Å². The summed E-state index contributed by atoms with van der Waals surface area (Å²) in [5.41, 5.74) is 6.87. The fourth-order valence-corrected chi connectivity index (χ4v) is 3.56. The molecule has 1 fully saturated rings. The zero-order chi connectivity index (χ0) is 18.7. The fourth-order valence-electron chi connectivity index (χ4n) is 2.40. The molecule has 0 spiro atoms. The monoisotopic (exact) mass is 375 g/mol. The maximum absolute atomic E-state index is 12.5. The Kier molecular flexibility index (Phi) is 5.15. The number of nitrogen functional groups attached to an aromatic ring is 1. The van der Waals surface area contributed by atoms with Crippen LogP contribution in [0.4, 0.5) is 11.4 Å². The van der Waals surface area contributed by atoms with Gasteiger partial charge < -0.3 is 15.8 Å². The molecule has 2 aromatic rings. The van der Waals surface area contributed by atoms with E-state index in [4.69, 9.17) is 10.5 Å². The second kappa shape index (κ2) is 7.35. The van der Waals surface area contributed by atoms with Gasteiger partial charge >= 0.3 is 0 Å². The number of hydrogen-bond acceptors (Lipinski definition) is 5. The Morgan fingerprint density at radius 2 is 2.00 bits per heavy atom. The lowest BCUT2D eigenvalue weighted by Gasteiger charge is -2.11. The molecule has 0 aromatic heterocycles. The van der Waals surface area contributed by atoms with Crippen molar-refractivity contribution in [1.82, 2.24) is 4.72 Å².